The van der Waals surface area contributed by atoms with E-state index in [0.29, 0.717) is 10.2 Å². The molecule has 1 aromatic heterocycles. The first-order valence-corrected chi connectivity index (χ1v) is 4.56. The maximum Gasteiger partial charge on any atom is 0.409 e. The van der Waals surface area contributed by atoms with E-state index in [1.54, 1.807) is 13.0 Å². The SMILES string of the molecule is Cc1cc(Br)cc(C(N)C(F)(F)F)n1. The van der Waals surface area contributed by atoms with Crippen molar-refractivity contribution in [3.63, 3.8) is 0 Å². The Kier molecular flexibility index (Phi) is 3.16. The van der Waals surface area contributed by atoms with Gasteiger partial charge in [0.15, 0.2) is 0 Å². The molecular weight excluding hydrogens is 261 g/mol. The Balaban J connectivity index is 3.07. The highest BCUT2D eigenvalue weighted by atomic mass is 79.9. The van der Waals surface area contributed by atoms with Gasteiger partial charge in [0.2, 0.25) is 0 Å². The van der Waals surface area contributed by atoms with E-state index in [1.807, 2.05) is 0 Å². The Labute approximate surface area is 87.4 Å². The summed E-state index contributed by atoms with van der Waals surface area (Å²) in [6.45, 7) is 1.61. The molecule has 0 bridgehead atoms. The fourth-order valence-electron chi connectivity index (χ4n) is 0.978. The lowest BCUT2D eigenvalue weighted by molar-refractivity contribution is -0.150. The zero-order valence-corrected chi connectivity index (χ0v) is 8.85. The van der Waals surface area contributed by atoms with Crippen LogP contribution in [0.4, 0.5) is 13.2 Å². The van der Waals surface area contributed by atoms with Crippen molar-refractivity contribution in [2.24, 2.45) is 5.73 Å². The minimum atomic E-state index is -4.46. The van der Waals surface area contributed by atoms with E-state index in [1.165, 1.54) is 6.07 Å². The van der Waals surface area contributed by atoms with Gasteiger partial charge < -0.3 is 5.73 Å². The van der Waals surface area contributed by atoms with Crippen LogP contribution in [-0.4, -0.2) is 11.2 Å². The van der Waals surface area contributed by atoms with Gasteiger partial charge in [-0.25, -0.2) is 0 Å². The van der Waals surface area contributed by atoms with E-state index in [0.717, 1.165) is 0 Å². The van der Waals surface area contributed by atoms with Crippen molar-refractivity contribution < 1.29 is 13.2 Å². The second-order valence-corrected chi connectivity index (χ2v) is 3.79. The number of aryl methyl sites for hydroxylation is 1. The van der Waals surface area contributed by atoms with Gasteiger partial charge in [0.05, 0.1) is 5.69 Å². The van der Waals surface area contributed by atoms with Crippen molar-refractivity contribution in [2.45, 2.75) is 19.1 Å². The van der Waals surface area contributed by atoms with Gasteiger partial charge in [-0.1, -0.05) is 15.9 Å². The largest absolute Gasteiger partial charge is 0.409 e. The van der Waals surface area contributed by atoms with Gasteiger partial charge in [-0.3, -0.25) is 4.98 Å². The van der Waals surface area contributed by atoms with Crippen LogP contribution in [0.2, 0.25) is 0 Å². The summed E-state index contributed by atoms with van der Waals surface area (Å²) in [5, 5.41) is 0. The van der Waals surface area contributed by atoms with Crippen molar-refractivity contribution in [2.75, 3.05) is 0 Å². The summed E-state index contributed by atoms with van der Waals surface area (Å²) in [4.78, 5) is 3.73. The topological polar surface area (TPSA) is 38.9 Å². The van der Waals surface area contributed by atoms with E-state index in [4.69, 9.17) is 5.73 Å². The van der Waals surface area contributed by atoms with Gasteiger partial charge in [0, 0.05) is 10.2 Å². The summed E-state index contributed by atoms with van der Waals surface area (Å²) in [5.41, 5.74) is 5.32. The van der Waals surface area contributed by atoms with E-state index in [9.17, 15) is 13.2 Å². The van der Waals surface area contributed by atoms with Crippen molar-refractivity contribution in [1.29, 1.82) is 0 Å². The number of rotatable bonds is 1. The summed E-state index contributed by atoms with van der Waals surface area (Å²) < 4.78 is 37.2. The lowest BCUT2D eigenvalue weighted by atomic mass is 10.2. The van der Waals surface area contributed by atoms with Crippen LogP contribution < -0.4 is 5.73 Å². The minimum Gasteiger partial charge on any atom is -0.315 e. The van der Waals surface area contributed by atoms with Gasteiger partial charge in [-0.15, -0.1) is 0 Å². The van der Waals surface area contributed by atoms with Crippen molar-refractivity contribution >= 4 is 15.9 Å². The number of hydrogen-bond donors (Lipinski definition) is 1. The fourth-order valence-corrected chi connectivity index (χ4v) is 1.54. The van der Waals surface area contributed by atoms with E-state index < -0.39 is 12.2 Å². The zero-order chi connectivity index (χ0) is 10.9. The van der Waals surface area contributed by atoms with Crippen LogP contribution in [0.3, 0.4) is 0 Å². The molecule has 0 aromatic carbocycles. The Morgan fingerprint density at radius 2 is 2.00 bits per heavy atom. The molecule has 2 N–H and O–H groups in total. The van der Waals surface area contributed by atoms with Gasteiger partial charge in [0.25, 0.3) is 0 Å². The molecule has 0 spiro atoms. The highest BCUT2D eigenvalue weighted by Crippen LogP contribution is 2.30. The van der Waals surface area contributed by atoms with Crippen LogP contribution in [0, 0.1) is 6.92 Å². The van der Waals surface area contributed by atoms with E-state index in [2.05, 4.69) is 20.9 Å². The second kappa shape index (κ2) is 3.86. The molecule has 0 aliphatic heterocycles. The molecule has 14 heavy (non-hydrogen) atoms. The Hall–Kier alpha value is -0.620. The maximum absolute atomic E-state index is 12.2. The number of nitrogens with zero attached hydrogens (tertiary/aromatic N) is 1. The molecule has 0 fully saturated rings. The zero-order valence-electron chi connectivity index (χ0n) is 7.27. The third kappa shape index (κ3) is 2.68. The normalized spacial score (nSPS) is 14.1. The van der Waals surface area contributed by atoms with Crippen molar-refractivity contribution in [1.82, 2.24) is 4.98 Å². The van der Waals surface area contributed by atoms with Gasteiger partial charge >= 0.3 is 6.18 Å². The van der Waals surface area contributed by atoms with Crippen LogP contribution in [0.15, 0.2) is 16.6 Å². The average molecular weight is 269 g/mol. The average Bonchev–Trinajstić information content (AvgIpc) is 1.99. The molecule has 78 valence electrons. The summed E-state index contributed by atoms with van der Waals surface area (Å²) in [5.74, 6) is 0. The molecule has 1 aromatic rings. The van der Waals surface area contributed by atoms with E-state index in [-0.39, 0.29) is 5.69 Å². The molecule has 0 saturated carbocycles. The predicted molar refractivity (Wildman–Crippen MR) is 49.7 cm³/mol. The van der Waals surface area contributed by atoms with Crippen molar-refractivity contribution in [3.05, 3.63) is 28.0 Å². The minimum absolute atomic E-state index is 0.177. The first-order chi connectivity index (χ1) is 6.30. The smallest absolute Gasteiger partial charge is 0.315 e. The molecule has 1 atom stereocenters. The highest BCUT2D eigenvalue weighted by Gasteiger charge is 2.38. The maximum atomic E-state index is 12.2. The second-order valence-electron chi connectivity index (χ2n) is 2.87. The summed E-state index contributed by atoms with van der Waals surface area (Å²) in [6, 6.07) is 0.858. The Morgan fingerprint density at radius 1 is 1.43 bits per heavy atom. The third-order valence-electron chi connectivity index (χ3n) is 1.61. The molecule has 0 saturated heterocycles. The Morgan fingerprint density at radius 3 is 2.43 bits per heavy atom. The number of aromatic nitrogens is 1. The summed E-state index contributed by atoms with van der Waals surface area (Å²) in [6.07, 6.45) is -4.46. The number of pyridine rings is 1. The van der Waals surface area contributed by atoms with Crippen LogP contribution in [0.5, 0.6) is 0 Å². The number of nitrogens with two attached hydrogens (primary N) is 1. The molecule has 0 aliphatic rings. The lowest BCUT2D eigenvalue weighted by Crippen LogP contribution is -2.29. The van der Waals surface area contributed by atoms with Crippen LogP contribution in [0.1, 0.15) is 17.4 Å². The molecule has 2 nitrogen and oxygen atoms in total. The first kappa shape index (κ1) is 11.5. The van der Waals surface area contributed by atoms with Crippen molar-refractivity contribution in [3.8, 4) is 0 Å². The molecule has 1 rings (SSSR count). The summed E-state index contributed by atoms with van der Waals surface area (Å²) >= 11 is 3.09. The lowest BCUT2D eigenvalue weighted by Gasteiger charge is -2.15. The monoisotopic (exact) mass is 268 g/mol. The number of hydrogen-bond acceptors (Lipinski definition) is 2. The van der Waals surface area contributed by atoms with Crippen LogP contribution in [-0.2, 0) is 0 Å². The predicted octanol–water partition coefficient (Wildman–Crippen LogP) is 2.71. The molecule has 6 heteroatoms. The Bertz CT molecular complexity index is 318. The molecule has 0 radical (unpaired) electrons. The molecule has 0 amide bonds. The molecule has 1 heterocycles. The quantitative estimate of drug-likeness (QED) is 0.851. The van der Waals surface area contributed by atoms with Gasteiger partial charge in [0.1, 0.15) is 6.04 Å². The number of halogens is 4. The van der Waals surface area contributed by atoms with Crippen LogP contribution >= 0.6 is 15.9 Å². The molecule has 0 aliphatic carbocycles. The third-order valence-corrected chi connectivity index (χ3v) is 2.07. The van der Waals surface area contributed by atoms with Gasteiger partial charge in [-0.2, -0.15) is 13.2 Å². The molecular formula is C8H8BrF3N2. The highest BCUT2D eigenvalue weighted by molar-refractivity contribution is 9.10. The fraction of sp³-hybridized carbons (Fsp3) is 0.375. The number of alkyl halides is 3. The van der Waals surface area contributed by atoms with Gasteiger partial charge in [-0.05, 0) is 19.1 Å². The standard InChI is InChI=1S/C8H8BrF3N2/c1-4-2-5(9)3-6(14-4)7(13)8(10,11)12/h2-3,7H,13H2,1H3. The summed E-state index contributed by atoms with van der Waals surface area (Å²) in [7, 11) is 0. The van der Waals surface area contributed by atoms with Crippen LogP contribution in [0.25, 0.3) is 0 Å². The van der Waals surface area contributed by atoms with E-state index >= 15 is 0 Å². The molecule has 1 unspecified atom stereocenters. The first-order valence-electron chi connectivity index (χ1n) is 3.77.